The average molecular weight is 493 g/mol. The summed E-state index contributed by atoms with van der Waals surface area (Å²) in [6.45, 7) is 5.30. The maximum atomic E-state index is 13.1. The number of carbonyl (C=O) groups excluding carboxylic acids is 2. The number of nitrogens with one attached hydrogen (secondary N) is 1. The number of hydrogen-bond donors (Lipinski definition) is 1. The van der Waals surface area contributed by atoms with Crippen LogP contribution in [0, 0.1) is 12.8 Å². The zero-order valence-electron chi connectivity index (χ0n) is 21.2. The van der Waals surface area contributed by atoms with Gasteiger partial charge in [-0.2, -0.15) is 0 Å². The molecule has 0 unspecified atom stereocenters. The summed E-state index contributed by atoms with van der Waals surface area (Å²) in [7, 11) is 3.12. The molecule has 0 bridgehead atoms. The SMILES string of the molecule is CCOC(=O)C1CCN(c2cc3c(cc2NC(=O)Cc2ccccc2C)n(C)c(=O)c(=O)n3C)CC1. The number of fused-ring (bicyclic) bond motifs is 1. The molecule has 36 heavy (non-hydrogen) atoms. The van der Waals surface area contributed by atoms with Gasteiger partial charge in [-0.05, 0) is 49.9 Å². The lowest BCUT2D eigenvalue weighted by molar-refractivity contribution is -0.148. The lowest BCUT2D eigenvalue weighted by Crippen LogP contribution is -2.40. The summed E-state index contributed by atoms with van der Waals surface area (Å²) in [5.41, 5.74) is 3.14. The minimum Gasteiger partial charge on any atom is -0.466 e. The second-order valence-corrected chi connectivity index (χ2v) is 9.25. The highest BCUT2D eigenvalue weighted by atomic mass is 16.5. The van der Waals surface area contributed by atoms with Crippen LogP contribution in [-0.4, -0.2) is 40.7 Å². The van der Waals surface area contributed by atoms with E-state index < -0.39 is 11.1 Å². The van der Waals surface area contributed by atoms with Crippen molar-refractivity contribution in [3.05, 3.63) is 68.2 Å². The van der Waals surface area contributed by atoms with Crippen molar-refractivity contribution < 1.29 is 14.3 Å². The number of anilines is 2. The molecule has 1 aliphatic rings. The molecule has 1 amide bonds. The summed E-state index contributed by atoms with van der Waals surface area (Å²) < 4.78 is 7.84. The van der Waals surface area contributed by atoms with Gasteiger partial charge in [-0.25, -0.2) is 0 Å². The molecule has 0 aliphatic carbocycles. The highest BCUT2D eigenvalue weighted by Gasteiger charge is 2.28. The average Bonchev–Trinajstić information content (AvgIpc) is 2.87. The number of carbonyl (C=O) groups is 2. The van der Waals surface area contributed by atoms with Gasteiger partial charge in [0, 0.05) is 27.2 Å². The Kier molecular flexibility index (Phi) is 7.28. The molecule has 4 rings (SSSR count). The van der Waals surface area contributed by atoms with E-state index in [1.54, 1.807) is 27.1 Å². The predicted octanol–water partition coefficient (Wildman–Crippen LogP) is 2.51. The highest BCUT2D eigenvalue weighted by molar-refractivity contribution is 5.99. The fourth-order valence-electron chi connectivity index (χ4n) is 4.76. The number of rotatable bonds is 6. The number of piperidine rings is 1. The second kappa shape index (κ2) is 10.4. The molecule has 1 fully saturated rings. The molecule has 0 radical (unpaired) electrons. The molecule has 1 aliphatic heterocycles. The normalized spacial score (nSPS) is 14.2. The van der Waals surface area contributed by atoms with Crippen molar-refractivity contribution in [2.45, 2.75) is 33.1 Å². The summed E-state index contributed by atoms with van der Waals surface area (Å²) in [4.78, 5) is 52.3. The van der Waals surface area contributed by atoms with Crippen molar-refractivity contribution >= 4 is 34.3 Å². The number of nitrogens with zero attached hydrogens (tertiary/aromatic N) is 3. The molecule has 0 atom stereocenters. The van der Waals surface area contributed by atoms with E-state index in [0.29, 0.717) is 49.3 Å². The number of benzene rings is 2. The van der Waals surface area contributed by atoms with Gasteiger partial charge in [0.25, 0.3) is 0 Å². The van der Waals surface area contributed by atoms with Crippen molar-refractivity contribution in [2.75, 3.05) is 29.9 Å². The molecule has 0 saturated carbocycles. The van der Waals surface area contributed by atoms with Gasteiger partial charge in [0.15, 0.2) is 0 Å². The van der Waals surface area contributed by atoms with Crippen LogP contribution in [0.4, 0.5) is 11.4 Å². The molecule has 1 N–H and O–H groups in total. The van der Waals surface area contributed by atoms with Gasteiger partial charge in [0.05, 0.1) is 41.4 Å². The van der Waals surface area contributed by atoms with Crippen LogP contribution in [0.2, 0.25) is 0 Å². The van der Waals surface area contributed by atoms with Crippen molar-refractivity contribution in [3.63, 3.8) is 0 Å². The third-order valence-corrected chi connectivity index (χ3v) is 6.95. The van der Waals surface area contributed by atoms with E-state index in [-0.39, 0.29) is 24.2 Å². The number of aryl methyl sites for hydroxylation is 3. The molecular weight excluding hydrogens is 460 g/mol. The summed E-state index contributed by atoms with van der Waals surface area (Å²) in [5.74, 6) is -0.521. The fourth-order valence-corrected chi connectivity index (χ4v) is 4.76. The Balaban J connectivity index is 1.72. The number of esters is 1. The van der Waals surface area contributed by atoms with Crippen LogP contribution in [0.3, 0.4) is 0 Å². The van der Waals surface area contributed by atoms with Crippen LogP contribution >= 0.6 is 0 Å². The van der Waals surface area contributed by atoms with Crippen LogP contribution in [0.25, 0.3) is 11.0 Å². The quantitative estimate of drug-likeness (QED) is 0.419. The standard InChI is InChI=1S/C27H32N4O5/c1-5-36-27(35)18-10-12-31(13-11-18)21-16-23-22(29(3)25(33)26(34)30(23)4)15-20(21)28-24(32)14-19-9-7-6-8-17(19)2/h6-9,15-16,18H,5,10-14H2,1-4H3,(H,28,32). The van der Waals surface area contributed by atoms with Gasteiger partial charge in [0.2, 0.25) is 5.91 Å². The van der Waals surface area contributed by atoms with Gasteiger partial charge >= 0.3 is 17.1 Å². The maximum absolute atomic E-state index is 13.1. The number of ether oxygens (including phenoxy) is 1. The summed E-state index contributed by atoms with van der Waals surface area (Å²) in [6, 6.07) is 11.3. The molecule has 9 nitrogen and oxygen atoms in total. The Labute approximate surface area is 209 Å². The van der Waals surface area contributed by atoms with Crippen LogP contribution < -0.4 is 21.3 Å². The Morgan fingerprint density at radius 3 is 2.22 bits per heavy atom. The second-order valence-electron chi connectivity index (χ2n) is 9.25. The smallest absolute Gasteiger partial charge is 0.316 e. The molecule has 1 aromatic heterocycles. The molecule has 2 aromatic carbocycles. The first-order chi connectivity index (χ1) is 17.2. The predicted molar refractivity (Wildman–Crippen MR) is 140 cm³/mol. The third kappa shape index (κ3) is 4.91. The minimum absolute atomic E-state index is 0.161. The Morgan fingerprint density at radius 2 is 1.61 bits per heavy atom. The van der Waals surface area contributed by atoms with Gasteiger partial charge in [-0.15, -0.1) is 0 Å². The largest absolute Gasteiger partial charge is 0.466 e. The van der Waals surface area contributed by atoms with Crippen LogP contribution in [0.15, 0.2) is 46.0 Å². The van der Waals surface area contributed by atoms with Gasteiger partial charge in [-0.1, -0.05) is 24.3 Å². The first-order valence-electron chi connectivity index (χ1n) is 12.2. The minimum atomic E-state index is -0.634. The van der Waals surface area contributed by atoms with Crippen LogP contribution in [0.1, 0.15) is 30.9 Å². The lowest BCUT2D eigenvalue weighted by Gasteiger charge is -2.34. The summed E-state index contributed by atoms with van der Waals surface area (Å²) in [5, 5.41) is 3.04. The third-order valence-electron chi connectivity index (χ3n) is 6.95. The summed E-state index contributed by atoms with van der Waals surface area (Å²) >= 11 is 0. The molecule has 1 saturated heterocycles. The van der Waals surface area contributed by atoms with Crippen molar-refractivity contribution in [1.82, 2.24) is 9.13 Å². The molecular formula is C27H32N4O5. The zero-order valence-corrected chi connectivity index (χ0v) is 21.2. The van der Waals surface area contributed by atoms with E-state index in [0.717, 1.165) is 16.8 Å². The van der Waals surface area contributed by atoms with E-state index in [2.05, 4.69) is 10.2 Å². The topological polar surface area (TPSA) is 103 Å². The van der Waals surface area contributed by atoms with Crippen molar-refractivity contribution in [3.8, 4) is 0 Å². The van der Waals surface area contributed by atoms with Gasteiger partial charge < -0.3 is 24.1 Å². The molecule has 3 aromatic rings. The van der Waals surface area contributed by atoms with Crippen molar-refractivity contribution in [1.29, 1.82) is 0 Å². The van der Waals surface area contributed by atoms with Crippen molar-refractivity contribution in [2.24, 2.45) is 20.0 Å². The fraction of sp³-hybridized carbons (Fsp3) is 0.407. The monoisotopic (exact) mass is 492 g/mol. The molecule has 9 heteroatoms. The lowest BCUT2D eigenvalue weighted by atomic mass is 9.96. The first kappa shape index (κ1) is 25.2. The van der Waals surface area contributed by atoms with Crippen LogP contribution in [-0.2, 0) is 34.8 Å². The number of aromatic nitrogens is 2. The van der Waals surface area contributed by atoms with E-state index in [9.17, 15) is 19.2 Å². The van der Waals surface area contributed by atoms with E-state index in [1.807, 2.05) is 37.3 Å². The van der Waals surface area contributed by atoms with E-state index in [1.165, 1.54) is 9.13 Å². The van der Waals surface area contributed by atoms with E-state index >= 15 is 0 Å². The summed E-state index contributed by atoms with van der Waals surface area (Å²) in [6.07, 6.45) is 1.46. The first-order valence-corrected chi connectivity index (χ1v) is 12.2. The number of hydrogen-bond acceptors (Lipinski definition) is 6. The van der Waals surface area contributed by atoms with Gasteiger partial charge in [0.1, 0.15) is 0 Å². The van der Waals surface area contributed by atoms with Gasteiger partial charge in [-0.3, -0.25) is 19.2 Å². The molecule has 190 valence electrons. The Bertz CT molecular complexity index is 1430. The van der Waals surface area contributed by atoms with E-state index in [4.69, 9.17) is 4.74 Å². The highest BCUT2D eigenvalue weighted by Crippen LogP contribution is 2.34. The maximum Gasteiger partial charge on any atom is 0.316 e. The number of amides is 1. The molecule has 2 heterocycles. The van der Waals surface area contributed by atoms with Crippen LogP contribution in [0.5, 0.6) is 0 Å². The Hall–Kier alpha value is -3.88. The molecule has 0 spiro atoms. The zero-order chi connectivity index (χ0) is 26.0. The Morgan fingerprint density at radius 1 is 1.00 bits per heavy atom.